The number of ether oxygens (including phenoxy) is 2. The average Bonchev–Trinajstić information content (AvgIpc) is 3.03. The molecule has 0 N–H and O–H groups in total. The van der Waals surface area contributed by atoms with Gasteiger partial charge in [0.15, 0.2) is 11.8 Å². The number of carbonyl (C=O) groups is 1. The Bertz CT molecular complexity index is 1040. The van der Waals surface area contributed by atoms with Crippen LogP contribution in [-0.4, -0.2) is 33.3 Å². The van der Waals surface area contributed by atoms with Crippen molar-refractivity contribution in [1.29, 1.82) is 0 Å². The second kappa shape index (κ2) is 7.81. The molecule has 148 valence electrons. The van der Waals surface area contributed by atoms with Gasteiger partial charge in [0.2, 0.25) is 0 Å². The molecule has 3 aromatic rings. The monoisotopic (exact) mass is 465 g/mol. The summed E-state index contributed by atoms with van der Waals surface area (Å²) in [6.45, 7) is 7.36. The lowest BCUT2D eigenvalue weighted by Gasteiger charge is -2.27. The van der Waals surface area contributed by atoms with E-state index in [1.54, 1.807) is 6.92 Å². The summed E-state index contributed by atoms with van der Waals surface area (Å²) < 4.78 is 13.3. The standard InChI is InChI=1S/C20H21BrClN3O3/c1-11-16(17(19(26)27-5)28-20(2,3)4)18(22)25-15(23-11)10-14(24-25)12-7-6-8-13(21)9-12/h6-10,17H,1-5H3. The number of carbonyl (C=O) groups excluding carboxylic acids is 1. The van der Waals surface area contributed by atoms with Crippen molar-refractivity contribution in [1.82, 2.24) is 14.6 Å². The molecule has 0 bridgehead atoms. The third-order valence-electron chi connectivity index (χ3n) is 4.04. The fraction of sp³-hybridized carbons (Fsp3) is 0.350. The highest BCUT2D eigenvalue weighted by atomic mass is 79.9. The molecule has 0 fully saturated rings. The molecule has 0 radical (unpaired) electrons. The van der Waals surface area contributed by atoms with Crippen LogP contribution >= 0.6 is 27.5 Å². The van der Waals surface area contributed by atoms with Gasteiger partial charge < -0.3 is 9.47 Å². The van der Waals surface area contributed by atoms with Crippen LogP contribution in [0.4, 0.5) is 0 Å². The maximum atomic E-state index is 12.4. The highest BCUT2D eigenvalue weighted by Gasteiger charge is 2.33. The van der Waals surface area contributed by atoms with E-state index in [1.807, 2.05) is 51.1 Å². The Morgan fingerprint density at radius 1 is 1.29 bits per heavy atom. The molecule has 1 atom stereocenters. The van der Waals surface area contributed by atoms with Crippen LogP contribution in [0.15, 0.2) is 34.8 Å². The van der Waals surface area contributed by atoms with E-state index in [-0.39, 0.29) is 5.15 Å². The van der Waals surface area contributed by atoms with E-state index in [2.05, 4.69) is 26.0 Å². The summed E-state index contributed by atoms with van der Waals surface area (Å²) in [6, 6.07) is 9.64. The second-order valence-corrected chi connectivity index (χ2v) is 8.62. The molecule has 0 aliphatic carbocycles. The van der Waals surface area contributed by atoms with E-state index < -0.39 is 17.7 Å². The Morgan fingerprint density at radius 3 is 2.61 bits per heavy atom. The predicted molar refractivity (Wildman–Crippen MR) is 111 cm³/mol. The zero-order valence-electron chi connectivity index (χ0n) is 16.3. The largest absolute Gasteiger partial charge is 0.467 e. The number of fused-ring (bicyclic) bond motifs is 1. The van der Waals surface area contributed by atoms with Gasteiger partial charge in [-0.25, -0.2) is 14.3 Å². The van der Waals surface area contributed by atoms with Crippen LogP contribution in [0.3, 0.4) is 0 Å². The molecular weight excluding hydrogens is 446 g/mol. The summed E-state index contributed by atoms with van der Waals surface area (Å²) in [5, 5.41) is 4.85. The van der Waals surface area contributed by atoms with Crippen molar-refractivity contribution in [2.75, 3.05) is 7.11 Å². The van der Waals surface area contributed by atoms with Crippen molar-refractivity contribution in [3.8, 4) is 11.3 Å². The SMILES string of the molecule is COC(=O)C(OC(C)(C)C)c1c(C)nc2cc(-c3cccc(Br)c3)nn2c1Cl. The molecular formula is C20H21BrClN3O3. The smallest absolute Gasteiger partial charge is 0.339 e. The molecule has 0 aliphatic rings. The Hall–Kier alpha value is -1.96. The topological polar surface area (TPSA) is 65.7 Å². The minimum atomic E-state index is -1.01. The number of rotatable bonds is 4. The zero-order chi connectivity index (χ0) is 20.6. The maximum Gasteiger partial charge on any atom is 0.339 e. The number of methoxy groups -OCH3 is 1. The van der Waals surface area contributed by atoms with Crippen LogP contribution < -0.4 is 0 Å². The lowest BCUT2D eigenvalue weighted by atomic mass is 10.1. The minimum absolute atomic E-state index is 0.267. The molecule has 0 saturated heterocycles. The van der Waals surface area contributed by atoms with E-state index in [0.29, 0.717) is 16.9 Å². The van der Waals surface area contributed by atoms with Gasteiger partial charge in [0.25, 0.3) is 0 Å². The molecule has 2 heterocycles. The Kier molecular flexibility index (Phi) is 5.79. The number of nitrogens with zero attached hydrogens (tertiary/aromatic N) is 3. The lowest BCUT2D eigenvalue weighted by molar-refractivity contribution is -0.164. The first kappa shape index (κ1) is 20.8. The summed E-state index contributed by atoms with van der Waals surface area (Å²) in [6.07, 6.45) is -1.01. The van der Waals surface area contributed by atoms with Gasteiger partial charge in [-0.2, -0.15) is 5.10 Å². The normalized spacial score (nSPS) is 13.0. The average molecular weight is 467 g/mol. The van der Waals surface area contributed by atoms with Gasteiger partial charge >= 0.3 is 5.97 Å². The molecule has 8 heteroatoms. The quantitative estimate of drug-likeness (QED) is 0.393. The second-order valence-electron chi connectivity index (χ2n) is 7.35. The Labute approximate surface area is 176 Å². The van der Waals surface area contributed by atoms with E-state index in [0.717, 1.165) is 15.7 Å². The third kappa shape index (κ3) is 4.21. The fourth-order valence-corrected chi connectivity index (χ4v) is 3.62. The molecule has 0 saturated carbocycles. The van der Waals surface area contributed by atoms with Gasteiger partial charge in [-0.05, 0) is 39.8 Å². The molecule has 3 rings (SSSR count). The first-order valence-electron chi connectivity index (χ1n) is 8.68. The molecule has 0 spiro atoms. The van der Waals surface area contributed by atoms with E-state index in [1.165, 1.54) is 11.6 Å². The minimum Gasteiger partial charge on any atom is -0.467 e. The van der Waals surface area contributed by atoms with E-state index in [9.17, 15) is 4.79 Å². The van der Waals surface area contributed by atoms with Crippen molar-refractivity contribution >= 4 is 39.1 Å². The van der Waals surface area contributed by atoms with E-state index in [4.69, 9.17) is 21.1 Å². The first-order chi connectivity index (χ1) is 13.1. The summed E-state index contributed by atoms with van der Waals surface area (Å²) >= 11 is 10.1. The number of aromatic nitrogens is 3. The van der Waals surface area contributed by atoms with Gasteiger partial charge in [-0.15, -0.1) is 0 Å². The number of hydrogen-bond acceptors (Lipinski definition) is 5. The highest BCUT2D eigenvalue weighted by molar-refractivity contribution is 9.10. The summed E-state index contributed by atoms with van der Waals surface area (Å²) in [7, 11) is 1.32. The molecule has 1 aromatic carbocycles. The van der Waals surface area contributed by atoms with Gasteiger partial charge in [0.05, 0.1) is 24.0 Å². The Balaban J connectivity index is 2.17. The number of hydrogen-bond donors (Lipinski definition) is 0. The van der Waals surface area contributed by atoms with Crippen molar-refractivity contribution in [3.05, 3.63) is 51.2 Å². The molecule has 0 amide bonds. The summed E-state index contributed by atoms with van der Waals surface area (Å²) in [4.78, 5) is 17.0. The number of halogens is 2. The van der Waals surface area contributed by atoms with Crippen molar-refractivity contribution in [3.63, 3.8) is 0 Å². The van der Waals surface area contributed by atoms with E-state index >= 15 is 0 Å². The fourth-order valence-electron chi connectivity index (χ4n) is 2.86. The third-order valence-corrected chi connectivity index (χ3v) is 4.90. The van der Waals surface area contributed by atoms with Crippen LogP contribution in [0.1, 0.15) is 38.1 Å². The predicted octanol–water partition coefficient (Wildman–Crippen LogP) is 5.15. The highest BCUT2D eigenvalue weighted by Crippen LogP contribution is 2.34. The van der Waals surface area contributed by atoms with Crippen molar-refractivity contribution < 1.29 is 14.3 Å². The van der Waals surface area contributed by atoms with Crippen molar-refractivity contribution in [2.24, 2.45) is 0 Å². The van der Waals surface area contributed by atoms with Crippen LogP contribution in [0.2, 0.25) is 5.15 Å². The van der Waals surface area contributed by atoms with Crippen LogP contribution in [0.25, 0.3) is 16.9 Å². The van der Waals surface area contributed by atoms with Gasteiger partial charge in [0.1, 0.15) is 5.15 Å². The van der Waals surface area contributed by atoms with Crippen LogP contribution in [-0.2, 0) is 14.3 Å². The molecule has 1 unspecified atom stereocenters. The van der Waals surface area contributed by atoms with Gasteiger partial charge in [0, 0.05) is 21.8 Å². The Morgan fingerprint density at radius 2 is 2.00 bits per heavy atom. The molecule has 2 aromatic heterocycles. The zero-order valence-corrected chi connectivity index (χ0v) is 18.6. The van der Waals surface area contributed by atoms with Gasteiger partial charge in [-0.1, -0.05) is 39.7 Å². The summed E-state index contributed by atoms with van der Waals surface area (Å²) in [5.41, 5.74) is 2.66. The summed E-state index contributed by atoms with van der Waals surface area (Å²) in [5.74, 6) is -0.541. The first-order valence-corrected chi connectivity index (χ1v) is 9.85. The molecule has 0 aliphatic heterocycles. The van der Waals surface area contributed by atoms with Crippen LogP contribution in [0, 0.1) is 6.92 Å². The number of aryl methyl sites for hydroxylation is 1. The number of esters is 1. The van der Waals surface area contributed by atoms with Crippen LogP contribution in [0.5, 0.6) is 0 Å². The number of benzene rings is 1. The lowest BCUT2D eigenvalue weighted by Crippen LogP contribution is -2.29. The maximum absolute atomic E-state index is 12.4. The van der Waals surface area contributed by atoms with Gasteiger partial charge in [-0.3, -0.25) is 0 Å². The molecule has 6 nitrogen and oxygen atoms in total. The van der Waals surface area contributed by atoms with Crippen molar-refractivity contribution in [2.45, 2.75) is 39.4 Å². The molecule has 28 heavy (non-hydrogen) atoms.